The van der Waals surface area contributed by atoms with E-state index >= 15 is 0 Å². The van der Waals surface area contributed by atoms with Crippen LogP contribution < -0.4 is 4.72 Å². The maximum atomic E-state index is 12.1. The highest BCUT2D eigenvalue weighted by molar-refractivity contribution is 7.90. The van der Waals surface area contributed by atoms with Crippen molar-refractivity contribution < 1.29 is 4.55 Å². The van der Waals surface area contributed by atoms with Gasteiger partial charge in [0, 0.05) is 11.4 Å². The Labute approximate surface area is 120 Å². The lowest BCUT2D eigenvalue weighted by atomic mass is 9.89. The zero-order valence-electron chi connectivity index (χ0n) is 12.5. The van der Waals surface area contributed by atoms with Crippen LogP contribution in [0.3, 0.4) is 0 Å². The second-order valence-corrected chi connectivity index (χ2v) is 8.45. The van der Waals surface area contributed by atoms with Gasteiger partial charge in [0.15, 0.2) is 0 Å². The second kappa shape index (κ2) is 5.86. The van der Waals surface area contributed by atoms with Crippen LogP contribution in [0.4, 0.5) is 0 Å². The van der Waals surface area contributed by atoms with Crippen molar-refractivity contribution in [2.24, 2.45) is 0 Å². The van der Waals surface area contributed by atoms with E-state index in [-0.39, 0.29) is 10.8 Å². The molecule has 3 heteroatoms. The molecule has 0 spiro atoms. The van der Waals surface area contributed by atoms with Crippen LogP contribution in [0.5, 0.6) is 0 Å². The summed E-state index contributed by atoms with van der Waals surface area (Å²) in [6.07, 6.45) is 5.02. The Morgan fingerprint density at radius 1 is 1.16 bits per heavy atom. The quantitative estimate of drug-likeness (QED) is 0.857. The first kappa shape index (κ1) is 14.9. The first-order valence-corrected chi connectivity index (χ1v) is 8.32. The van der Waals surface area contributed by atoms with E-state index < -0.39 is 11.4 Å². The minimum absolute atomic E-state index is 0.132. The molecule has 0 aromatic heterocycles. The van der Waals surface area contributed by atoms with Crippen molar-refractivity contribution >= 4 is 11.4 Å². The molecule has 106 valence electrons. The fourth-order valence-electron chi connectivity index (χ4n) is 2.43. The number of fused-ring (bicyclic) bond motifs is 1. The van der Waals surface area contributed by atoms with Crippen molar-refractivity contribution in [2.45, 2.75) is 64.2 Å². The molecule has 0 fully saturated rings. The molecule has 0 heterocycles. The smallest absolute Gasteiger partial charge is 0.136 e. The molecular formula is C16H25NOS. The van der Waals surface area contributed by atoms with Gasteiger partial charge in [-0.05, 0) is 70.1 Å². The van der Waals surface area contributed by atoms with Gasteiger partial charge in [0.25, 0.3) is 0 Å². The average Bonchev–Trinajstić information content (AvgIpc) is 2.37. The summed E-state index contributed by atoms with van der Waals surface area (Å²) in [6, 6.07) is 6.86. The van der Waals surface area contributed by atoms with Gasteiger partial charge in [-0.2, -0.15) is 0 Å². The van der Waals surface area contributed by atoms with Crippen molar-refractivity contribution in [1.29, 1.82) is 0 Å². The lowest BCUT2D eigenvalue weighted by molar-refractivity contribution is 0.531. The predicted octanol–water partition coefficient (Wildman–Crippen LogP) is 3.68. The van der Waals surface area contributed by atoms with Gasteiger partial charge in [-0.1, -0.05) is 18.2 Å². The van der Waals surface area contributed by atoms with E-state index in [2.05, 4.69) is 29.8 Å². The summed E-state index contributed by atoms with van der Waals surface area (Å²) in [5.74, 6) is 0. The van der Waals surface area contributed by atoms with Gasteiger partial charge in [0.2, 0.25) is 0 Å². The van der Waals surface area contributed by atoms with Crippen LogP contribution >= 0.6 is 0 Å². The largest absolute Gasteiger partial charge is 0.598 e. The number of hydrogen-bond acceptors (Lipinski definition) is 2. The minimum Gasteiger partial charge on any atom is -0.598 e. The molecule has 1 aromatic rings. The molecule has 2 nitrogen and oxygen atoms in total. The summed E-state index contributed by atoms with van der Waals surface area (Å²) < 4.78 is 15.1. The van der Waals surface area contributed by atoms with Crippen LogP contribution in [0.15, 0.2) is 18.2 Å². The van der Waals surface area contributed by atoms with E-state index in [1.54, 1.807) is 0 Å². The van der Waals surface area contributed by atoms with Crippen molar-refractivity contribution in [3.8, 4) is 0 Å². The summed E-state index contributed by atoms with van der Waals surface area (Å²) in [5, 5.41) is 0. The molecule has 0 radical (unpaired) electrons. The predicted molar refractivity (Wildman–Crippen MR) is 82.5 cm³/mol. The first-order chi connectivity index (χ1) is 8.88. The standard InChI is InChI=1S/C16H25NOS/c1-12(17-19(18)16(2,3)4)14-10-9-13-7-5-6-8-15(13)11-14/h9-12,17H,5-8H2,1-4H3/t12-,19?/m0/s1. The number of rotatable bonds is 3. The van der Waals surface area contributed by atoms with Crippen molar-refractivity contribution in [3.05, 3.63) is 34.9 Å². The normalized spacial score (nSPS) is 18.8. The van der Waals surface area contributed by atoms with Crippen molar-refractivity contribution in [1.82, 2.24) is 4.72 Å². The molecule has 2 rings (SSSR count). The van der Waals surface area contributed by atoms with Crippen LogP contribution in [0, 0.1) is 0 Å². The van der Waals surface area contributed by atoms with Gasteiger partial charge < -0.3 is 4.55 Å². The third-order valence-electron chi connectivity index (χ3n) is 3.71. The Hall–Kier alpha value is -0.510. The van der Waals surface area contributed by atoms with E-state index in [0.717, 1.165) is 0 Å². The van der Waals surface area contributed by atoms with E-state index in [9.17, 15) is 4.55 Å². The van der Waals surface area contributed by atoms with Gasteiger partial charge in [0.05, 0.1) is 6.04 Å². The molecule has 1 aliphatic carbocycles. The second-order valence-electron chi connectivity index (χ2n) is 6.46. The van der Waals surface area contributed by atoms with E-state index in [4.69, 9.17) is 0 Å². The Bertz CT molecular complexity index is 439. The highest BCUT2D eigenvalue weighted by atomic mass is 32.2. The lowest BCUT2D eigenvalue weighted by Crippen LogP contribution is -2.40. The third-order valence-corrected chi connectivity index (χ3v) is 5.39. The van der Waals surface area contributed by atoms with Crippen LogP contribution in [-0.4, -0.2) is 9.30 Å². The molecule has 1 aliphatic rings. The van der Waals surface area contributed by atoms with Crippen LogP contribution in [-0.2, 0) is 24.2 Å². The highest BCUT2D eigenvalue weighted by Gasteiger charge is 2.28. The molecule has 1 aromatic carbocycles. The summed E-state index contributed by atoms with van der Waals surface area (Å²) in [5.41, 5.74) is 4.23. The fraction of sp³-hybridized carbons (Fsp3) is 0.625. The van der Waals surface area contributed by atoms with Gasteiger partial charge >= 0.3 is 0 Å². The average molecular weight is 279 g/mol. The van der Waals surface area contributed by atoms with E-state index in [1.807, 2.05) is 20.8 Å². The van der Waals surface area contributed by atoms with Crippen LogP contribution in [0.2, 0.25) is 0 Å². The Kier molecular flexibility index (Phi) is 4.59. The van der Waals surface area contributed by atoms with Crippen LogP contribution in [0.1, 0.15) is 63.3 Å². The lowest BCUT2D eigenvalue weighted by Gasteiger charge is -2.27. The first-order valence-electron chi connectivity index (χ1n) is 7.17. The molecular weight excluding hydrogens is 254 g/mol. The Morgan fingerprint density at radius 3 is 2.42 bits per heavy atom. The number of benzene rings is 1. The zero-order chi connectivity index (χ0) is 14.0. The molecule has 0 amide bonds. The molecule has 0 saturated carbocycles. The van der Waals surface area contributed by atoms with Crippen molar-refractivity contribution in [3.63, 3.8) is 0 Å². The summed E-state index contributed by atoms with van der Waals surface area (Å²) >= 11 is -1.02. The fourth-order valence-corrected chi connectivity index (χ4v) is 3.24. The number of nitrogens with one attached hydrogen (secondary N) is 1. The maximum absolute atomic E-state index is 12.1. The zero-order valence-corrected chi connectivity index (χ0v) is 13.3. The SMILES string of the molecule is C[C@H](N[S+]([O-])C(C)(C)C)c1ccc2c(c1)CCCC2. The van der Waals surface area contributed by atoms with Gasteiger partial charge in [-0.3, -0.25) is 0 Å². The monoisotopic (exact) mass is 279 g/mol. The van der Waals surface area contributed by atoms with Gasteiger partial charge in [-0.25, -0.2) is 0 Å². The minimum atomic E-state index is -1.02. The number of hydrogen-bond donors (Lipinski definition) is 1. The summed E-state index contributed by atoms with van der Waals surface area (Å²) in [7, 11) is 0. The molecule has 0 aliphatic heterocycles. The summed E-state index contributed by atoms with van der Waals surface area (Å²) in [4.78, 5) is 0. The summed E-state index contributed by atoms with van der Waals surface area (Å²) in [6.45, 7) is 8.08. The molecule has 0 bridgehead atoms. The Balaban J connectivity index is 2.09. The van der Waals surface area contributed by atoms with Crippen molar-refractivity contribution in [2.75, 3.05) is 0 Å². The Morgan fingerprint density at radius 2 is 1.79 bits per heavy atom. The van der Waals surface area contributed by atoms with Gasteiger partial charge in [0.1, 0.15) is 4.75 Å². The maximum Gasteiger partial charge on any atom is 0.136 e. The molecule has 2 atom stereocenters. The topological polar surface area (TPSA) is 35.1 Å². The van der Waals surface area contributed by atoms with E-state index in [0.29, 0.717) is 0 Å². The number of aryl methyl sites for hydroxylation is 2. The molecule has 1 N–H and O–H groups in total. The molecule has 19 heavy (non-hydrogen) atoms. The molecule has 1 unspecified atom stereocenters. The molecule has 0 saturated heterocycles. The van der Waals surface area contributed by atoms with E-state index in [1.165, 1.54) is 42.4 Å². The third kappa shape index (κ3) is 3.74. The highest BCUT2D eigenvalue weighted by Crippen LogP contribution is 2.26. The van der Waals surface area contributed by atoms with Crippen LogP contribution in [0.25, 0.3) is 0 Å². The van der Waals surface area contributed by atoms with Gasteiger partial charge in [-0.15, -0.1) is 4.72 Å².